The van der Waals surface area contributed by atoms with Crippen molar-refractivity contribution in [3.63, 3.8) is 0 Å². The van der Waals surface area contributed by atoms with E-state index in [1.807, 2.05) is 6.92 Å². The van der Waals surface area contributed by atoms with Gasteiger partial charge in [0, 0.05) is 28.9 Å². The Bertz CT molecular complexity index is 1080. The van der Waals surface area contributed by atoms with Crippen molar-refractivity contribution in [2.24, 2.45) is 16.8 Å². The van der Waals surface area contributed by atoms with Crippen LogP contribution in [0.3, 0.4) is 0 Å². The minimum absolute atomic E-state index is 0.221. The number of rotatable bonds is 13. The van der Waals surface area contributed by atoms with Crippen LogP contribution in [0.25, 0.3) is 10.6 Å². The zero-order chi connectivity index (χ0) is 27.8. The summed E-state index contributed by atoms with van der Waals surface area (Å²) in [5.74, 6) is 2.10. The van der Waals surface area contributed by atoms with Gasteiger partial charge in [-0.1, -0.05) is 57.5 Å². The number of allylic oxidation sites excluding steroid dienone is 2. The Hall–Kier alpha value is -2.53. The van der Waals surface area contributed by atoms with Crippen molar-refractivity contribution in [2.75, 3.05) is 6.54 Å². The molecule has 0 aromatic heterocycles. The van der Waals surface area contributed by atoms with Gasteiger partial charge in [0.05, 0.1) is 5.71 Å². The van der Waals surface area contributed by atoms with Crippen LogP contribution in [-0.4, -0.2) is 24.0 Å². The molecule has 1 aromatic carbocycles. The zero-order valence-corrected chi connectivity index (χ0v) is 24.6. The van der Waals surface area contributed by atoms with Gasteiger partial charge in [0.15, 0.2) is 0 Å². The summed E-state index contributed by atoms with van der Waals surface area (Å²) < 4.78 is 20.7. The van der Waals surface area contributed by atoms with Crippen LogP contribution in [-0.2, 0) is 0 Å². The predicted octanol–water partition coefficient (Wildman–Crippen LogP) is 9.36. The molecule has 1 N–H and O–H groups in total. The first kappa shape index (κ1) is 30.7. The molecule has 3 unspecified atom stereocenters. The number of alkyl halides is 1. The summed E-state index contributed by atoms with van der Waals surface area (Å²) >= 11 is 1.66. The van der Waals surface area contributed by atoms with Gasteiger partial charge in [0.25, 0.3) is 0 Å². The van der Waals surface area contributed by atoms with Crippen LogP contribution < -0.4 is 10.1 Å². The highest BCUT2D eigenvalue weighted by atomic mass is 32.2. The molecule has 202 valence electrons. The Labute approximate surface area is 228 Å². The highest BCUT2D eigenvalue weighted by molar-refractivity contribution is 8.11. The van der Waals surface area contributed by atoms with E-state index in [1.54, 1.807) is 31.0 Å². The third kappa shape index (κ3) is 9.37. The summed E-state index contributed by atoms with van der Waals surface area (Å²) in [5, 5.41) is 3.38. The van der Waals surface area contributed by atoms with Crippen molar-refractivity contribution in [1.82, 2.24) is 5.32 Å². The van der Waals surface area contributed by atoms with Gasteiger partial charge in [-0.25, -0.2) is 4.39 Å². The summed E-state index contributed by atoms with van der Waals surface area (Å²) in [7, 11) is 0. The maximum absolute atomic E-state index is 14.1. The van der Waals surface area contributed by atoms with Crippen molar-refractivity contribution in [1.29, 1.82) is 0 Å². The fraction of sp³-hybridized carbons (Fsp3) is 0.469. The monoisotopic (exact) mass is 524 g/mol. The molecule has 0 aliphatic heterocycles. The average Bonchev–Trinajstić information content (AvgIpc) is 3.21. The molecule has 2 rings (SSSR count). The minimum Gasteiger partial charge on any atom is -0.490 e. The molecule has 1 aliphatic rings. The Morgan fingerprint density at radius 3 is 2.49 bits per heavy atom. The number of hydrogen-bond donors (Lipinski definition) is 1. The normalized spacial score (nSPS) is 21.1. The van der Waals surface area contributed by atoms with Crippen LogP contribution in [0.15, 0.2) is 71.8 Å². The summed E-state index contributed by atoms with van der Waals surface area (Å²) in [6, 6.07) is 6.25. The lowest BCUT2D eigenvalue weighted by Crippen LogP contribution is -2.22. The summed E-state index contributed by atoms with van der Waals surface area (Å²) in [5.41, 5.74) is 2.52. The lowest BCUT2D eigenvalue weighted by Gasteiger charge is -2.22. The molecule has 0 bridgehead atoms. The van der Waals surface area contributed by atoms with Crippen LogP contribution in [0, 0.1) is 11.8 Å². The molecule has 3 atom stereocenters. The number of halogens is 1. The van der Waals surface area contributed by atoms with Gasteiger partial charge in [-0.2, -0.15) is 0 Å². The van der Waals surface area contributed by atoms with E-state index in [4.69, 9.17) is 4.74 Å². The first-order chi connectivity index (χ1) is 17.4. The lowest BCUT2D eigenvalue weighted by atomic mass is 10.0. The fourth-order valence-corrected chi connectivity index (χ4v) is 4.97. The average molecular weight is 525 g/mol. The second-order valence-electron chi connectivity index (χ2n) is 10.5. The Kier molecular flexibility index (Phi) is 11.5. The number of nitrogens with zero attached hydrogens (tertiary/aromatic N) is 1. The number of aliphatic imine (C=N–C) groups is 1. The van der Waals surface area contributed by atoms with Gasteiger partial charge >= 0.3 is 0 Å². The van der Waals surface area contributed by atoms with Gasteiger partial charge in [-0.05, 0) is 100.0 Å². The van der Waals surface area contributed by atoms with Crippen molar-refractivity contribution in [3.05, 3.63) is 77.9 Å². The van der Waals surface area contributed by atoms with Crippen LogP contribution in [0.2, 0.25) is 0 Å². The molecule has 1 saturated carbocycles. The Morgan fingerprint density at radius 2 is 1.89 bits per heavy atom. The van der Waals surface area contributed by atoms with E-state index in [0.29, 0.717) is 24.1 Å². The standard InChI is InChI=1S/C32H45FN2OS/c1-11-22(5)37-24(7)29-16-28(17-30(18-29)36-31-15-21(4)14-27(31)13-3)23(6)34-19-26(12-2)20-35-25(8)32(9,10)33/h11-12,16-18,20-21,27,31,34H,2,6-7,13-15,19H2,1,3-5,8-10H3/b22-11-,26-20+,35-25+. The molecule has 1 aromatic rings. The highest BCUT2D eigenvalue weighted by Crippen LogP contribution is 2.38. The molecular weight excluding hydrogens is 479 g/mol. The Balaban J connectivity index is 2.30. The minimum atomic E-state index is -1.46. The molecule has 1 aliphatic carbocycles. The van der Waals surface area contributed by atoms with E-state index in [2.05, 4.69) is 75.1 Å². The molecular formula is C32H45FN2OS. The van der Waals surface area contributed by atoms with E-state index < -0.39 is 5.67 Å². The Morgan fingerprint density at radius 1 is 1.22 bits per heavy atom. The SMILES string of the molecule is C=C/C(=C\N=C(/C)C(C)(C)F)CNC(=C)c1cc(OC2CC(C)CC2CC)cc(C(=C)S/C(C)=C\C)c1. The maximum atomic E-state index is 14.1. The second kappa shape index (κ2) is 13.9. The van der Waals surface area contributed by atoms with E-state index >= 15 is 0 Å². The van der Waals surface area contributed by atoms with Crippen LogP contribution in [0.4, 0.5) is 4.39 Å². The van der Waals surface area contributed by atoms with Gasteiger partial charge in [-0.3, -0.25) is 4.99 Å². The predicted molar refractivity (Wildman–Crippen MR) is 163 cm³/mol. The van der Waals surface area contributed by atoms with Gasteiger partial charge in [0.2, 0.25) is 0 Å². The van der Waals surface area contributed by atoms with Gasteiger partial charge < -0.3 is 10.1 Å². The van der Waals surface area contributed by atoms with Crippen molar-refractivity contribution in [3.8, 4) is 5.75 Å². The zero-order valence-electron chi connectivity index (χ0n) is 23.8. The number of ether oxygens (including phenoxy) is 1. The van der Waals surface area contributed by atoms with E-state index in [1.165, 1.54) is 25.2 Å². The molecule has 0 amide bonds. The van der Waals surface area contributed by atoms with Crippen molar-refractivity contribution < 1.29 is 9.13 Å². The number of thioether (sulfide) groups is 1. The van der Waals surface area contributed by atoms with Crippen LogP contribution >= 0.6 is 11.8 Å². The first-order valence-corrected chi connectivity index (χ1v) is 14.0. The molecule has 0 radical (unpaired) electrons. The van der Waals surface area contributed by atoms with Crippen molar-refractivity contribution in [2.45, 2.75) is 79.5 Å². The van der Waals surface area contributed by atoms with E-state index in [9.17, 15) is 4.39 Å². The van der Waals surface area contributed by atoms with Crippen molar-refractivity contribution >= 4 is 28.1 Å². The molecule has 0 spiro atoms. The summed E-state index contributed by atoms with van der Waals surface area (Å²) in [4.78, 5) is 6.44. The van der Waals surface area contributed by atoms with Gasteiger partial charge in [0.1, 0.15) is 17.5 Å². The number of hydrogen-bond acceptors (Lipinski definition) is 4. The molecule has 5 heteroatoms. The second-order valence-corrected chi connectivity index (χ2v) is 11.8. The summed E-state index contributed by atoms with van der Waals surface area (Å²) in [6.07, 6.45) is 9.09. The summed E-state index contributed by atoms with van der Waals surface area (Å²) in [6.45, 7) is 26.3. The smallest absolute Gasteiger partial charge is 0.143 e. The molecule has 3 nitrogen and oxygen atoms in total. The third-order valence-corrected chi connectivity index (χ3v) is 8.04. The molecule has 37 heavy (non-hydrogen) atoms. The maximum Gasteiger partial charge on any atom is 0.143 e. The van der Waals surface area contributed by atoms with Gasteiger partial charge in [-0.15, -0.1) is 0 Å². The van der Waals surface area contributed by atoms with Crippen LogP contribution in [0.5, 0.6) is 5.75 Å². The lowest BCUT2D eigenvalue weighted by molar-refractivity contribution is 0.155. The topological polar surface area (TPSA) is 33.6 Å². The number of benzene rings is 1. The molecule has 0 heterocycles. The first-order valence-electron chi connectivity index (χ1n) is 13.2. The largest absolute Gasteiger partial charge is 0.490 e. The third-order valence-electron chi connectivity index (χ3n) is 7.00. The quantitative estimate of drug-likeness (QED) is 0.206. The highest BCUT2D eigenvalue weighted by Gasteiger charge is 2.32. The van der Waals surface area contributed by atoms with Crippen LogP contribution in [0.1, 0.15) is 78.9 Å². The number of nitrogens with one attached hydrogen (secondary N) is 1. The van der Waals surface area contributed by atoms with E-state index in [-0.39, 0.29) is 6.10 Å². The molecule has 0 saturated heterocycles. The molecule has 1 fully saturated rings. The van der Waals surface area contributed by atoms with E-state index in [0.717, 1.165) is 45.9 Å². The fourth-order valence-electron chi connectivity index (χ4n) is 4.23.